The molecule has 1 saturated carbocycles. The Morgan fingerprint density at radius 3 is 2.42 bits per heavy atom. The Kier molecular flexibility index (Phi) is 4.86. The number of amides is 2. The Bertz CT molecular complexity index is 690. The molecule has 1 heterocycles. The second-order valence-corrected chi connectivity index (χ2v) is 7.11. The van der Waals surface area contributed by atoms with Crippen molar-refractivity contribution < 1.29 is 27.5 Å². The molecular weight excluding hydrogens is 349 g/mol. The number of piperidine rings is 1. The van der Waals surface area contributed by atoms with Crippen molar-refractivity contribution in [2.45, 2.75) is 31.7 Å². The highest BCUT2D eigenvalue weighted by Crippen LogP contribution is 2.40. The summed E-state index contributed by atoms with van der Waals surface area (Å²) in [5.41, 5.74) is 0.310. The lowest BCUT2D eigenvalue weighted by Crippen LogP contribution is -2.39. The average Bonchev–Trinajstić information content (AvgIpc) is 2.96. The number of fused-ring (bicyclic) bond motifs is 1. The number of nitrogens with zero attached hydrogens (tertiary/aromatic N) is 2. The van der Waals surface area contributed by atoms with Gasteiger partial charge in [0, 0.05) is 38.7 Å². The fourth-order valence-electron chi connectivity index (χ4n) is 3.97. The summed E-state index contributed by atoms with van der Waals surface area (Å²) in [7, 11) is 3.50. The van der Waals surface area contributed by atoms with E-state index in [-0.39, 0.29) is 23.6 Å². The molecule has 1 aliphatic heterocycles. The summed E-state index contributed by atoms with van der Waals surface area (Å²) in [6.07, 6.45) is -2.63. The van der Waals surface area contributed by atoms with E-state index in [1.807, 2.05) is 0 Å². The van der Waals surface area contributed by atoms with Gasteiger partial charge in [0.15, 0.2) is 0 Å². The Morgan fingerprint density at radius 2 is 1.81 bits per heavy atom. The van der Waals surface area contributed by atoms with Crippen LogP contribution in [0.2, 0.25) is 0 Å². The van der Waals surface area contributed by atoms with Crippen molar-refractivity contribution in [3.8, 4) is 5.75 Å². The van der Waals surface area contributed by atoms with E-state index < -0.39 is 6.36 Å². The number of benzene rings is 1. The topological polar surface area (TPSA) is 49.9 Å². The lowest BCUT2D eigenvalue weighted by molar-refractivity contribution is -0.274. The van der Waals surface area contributed by atoms with Gasteiger partial charge in [0.05, 0.1) is 0 Å². The summed E-state index contributed by atoms with van der Waals surface area (Å²) >= 11 is 0. The van der Waals surface area contributed by atoms with Gasteiger partial charge < -0.3 is 14.5 Å². The van der Waals surface area contributed by atoms with Gasteiger partial charge in [-0.2, -0.15) is 0 Å². The van der Waals surface area contributed by atoms with Crippen molar-refractivity contribution in [2.24, 2.45) is 11.8 Å². The Balaban J connectivity index is 1.64. The van der Waals surface area contributed by atoms with E-state index in [1.165, 1.54) is 12.1 Å². The molecule has 26 heavy (non-hydrogen) atoms. The molecule has 0 N–H and O–H groups in total. The number of likely N-dealkylation sites (tertiary alicyclic amines) is 1. The van der Waals surface area contributed by atoms with Crippen molar-refractivity contribution in [1.29, 1.82) is 0 Å². The molecule has 0 unspecified atom stereocenters. The van der Waals surface area contributed by atoms with E-state index in [4.69, 9.17) is 0 Å². The van der Waals surface area contributed by atoms with E-state index in [0.29, 0.717) is 30.4 Å². The van der Waals surface area contributed by atoms with E-state index in [9.17, 15) is 22.8 Å². The maximum Gasteiger partial charge on any atom is 0.573 e. The fourth-order valence-corrected chi connectivity index (χ4v) is 3.97. The number of ether oxygens (including phenoxy) is 1. The highest BCUT2D eigenvalue weighted by Gasteiger charge is 2.42. The summed E-state index contributed by atoms with van der Waals surface area (Å²) in [5, 5.41) is 0. The molecule has 1 aliphatic carbocycles. The normalized spacial score (nSPS) is 25.8. The quantitative estimate of drug-likeness (QED) is 0.822. The summed E-state index contributed by atoms with van der Waals surface area (Å²) in [4.78, 5) is 27.9. The molecule has 3 atom stereocenters. The molecule has 5 nitrogen and oxygen atoms in total. The maximum absolute atomic E-state index is 12.6. The third kappa shape index (κ3) is 3.94. The van der Waals surface area contributed by atoms with Gasteiger partial charge in [-0.25, -0.2) is 0 Å². The Hall–Kier alpha value is -2.25. The third-order valence-corrected chi connectivity index (χ3v) is 5.39. The number of carbonyl (C=O) groups is 2. The summed E-state index contributed by atoms with van der Waals surface area (Å²) in [6.45, 7) is 0.714. The van der Waals surface area contributed by atoms with Crippen molar-refractivity contribution >= 4 is 11.8 Å². The van der Waals surface area contributed by atoms with Crippen LogP contribution in [-0.2, 0) is 4.79 Å². The highest BCUT2D eigenvalue weighted by atomic mass is 19.4. The number of hydrogen-bond acceptors (Lipinski definition) is 3. The molecule has 142 valence electrons. The zero-order valence-electron chi connectivity index (χ0n) is 14.6. The lowest BCUT2D eigenvalue weighted by atomic mass is 9.88. The largest absolute Gasteiger partial charge is 0.573 e. The number of hydrogen-bond donors (Lipinski definition) is 0. The molecule has 2 fully saturated rings. The minimum Gasteiger partial charge on any atom is -0.406 e. The monoisotopic (exact) mass is 370 g/mol. The van der Waals surface area contributed by atoms with E-state index in [2.05, 4.69) is 4.74 Å². The first-order valence-electron chi connectivity index (χ1n) is 8.51. The van der Waals surface area contributed by atoms with Gasteiger partial charge >= 0.3 is 6.36 Å². The van der Waals surface area contributed by atoms with Crippen molar-refractivity contribution in [3.63, 3.8) is 0 Å². The average molecular weight is 370 g/mol. The molecule has 0 aromatic heterocycles. The first kappa shape index (κ1) is 18.5. The predicted octanol–water partition coefficient (Wildman–Crippen LogP) is 2.91. The van der Waals surface area contributed by atoms with Crippen LogP contribution in [0, 0.1) is 11.8 Å². The van der Waals surface area contributed by atoms with E-state index in [1.54, 1.807) is 23.9 Å². The van der Waals surface area contributed by atoms with E-state index >= 15 is 0 Å². The number of carbonyl (C=O) groups excluding carboxylic acids is 2. The molecular formula is C18H21F3N2O3. The second kappa shape index (κ2) is 6.81. The molecule has 0 radical (unpaired) electrons. The van der Waals surface area contributed by atoms with Gasteiger partial charge in [0.1, 0.15) is 5.75 Å². The fraction of sp³-hybridized carbons (Fsp3) is 0.556. The van der Waals surface area contributed by atoms with Gasteiger partial charge in [-0.05, 0) is 48.9 Å². The van der Waals surface area contributed by atoms with Gasteiger partial charge in [-0.1, -0.05) is 0 Å². The van der Waals surface area contributed by atoms with Crippen LogP contribution in [0.3, 0.4) is 0 Å². The molecule has 0 bridgehead atoms. The lowest BCUT2D eigenvalue weighted by Gasteiger charge is -2.31. The molecule has 2 aliphatic rings. The molecule has 2 amide bonds. The van der Waals surface area contributed by atoms with E-state index in [0.717, 1.165) is 25.0 Å². The summed E-state index contributed by atoms with van der Waals surface area (Å²) in [6, 6.07) is 4.97. The second-order valence-electron chi connectivity index (χ2n) is 7.11. The molecule has 8 heteroatoms. The van der Waals surface area contributed by atoms with Crippen molar-refractivity contribution in [2.75, 3.05) is 20.6 Å². The Labute approximate surface area is 149 Å². The predicted molar refractivity (Wildman–Crippen MR) is 87.5 cm³/mol. The van der Waals surface area contributed by atoms with Crippen LogP contribution >= 0.6 is 0 Å². The third-order valence-electron chi connectivity index (χ3n) is 5.39. The first-order valence-corrected chi connectivity index (χ1v) is 8.51. The van der Waals surface area contributed by atoms with Crippen LogP contribution < -0.4 is 4.74 Å². The first-order chi connectivity index (χ1) is 12.1. The summed E-state index contributed by atoms with van der Waals surface area (Å²) < 4.78 is 40.4. The van der Waals surface area contributed by atoms with Crippen LogP contribution in [0.1, 0.15) is 29.6 Å². The maximum atomic E-state index is 12.6. The molecule has 1 saturated heterocycles. The Morgan fingerprint density at radius 1 is 1.19 bits per heavy atom. The summed E-state index contributed by atoms with van der Waals surface area (Å²) in [5.74, 6) is 0.222. The smallest absolute Gasteiger partial charge is 0.406 e. The number of rotatable bonds is 3. The molecule has 3 rings (SSSR count). The minimum atomic E-state index is -4.76. The molecule has 0 spiro atoms. The van der Waals surface area contributed by atoms with Crippen molar-refractivity contribution in [1.82, 2.24) is 9.80 Å². The standard InChI is InChI=1S/C18H21F3N2O3/c1-22-10-13-8-14(7-12(13)9-16(22)24)23(2)17(25)11-3-5-15(6-4-11)26-18(19,20)21/h3-6,12-14H,7-10H2,1-2H3/t12-,13+,14-/m1/s1. The van der Waals surface area contributed by atoms with Gasteiger partial charge in [0.25, 0.3) is 5.91 Å². The van der Waals surface area contributed by atoms with Crippen LogP contribution in [0.5, 0.6) is 5.75 Å². The van der Waals surface area contributed by atoms with Crippen LogP contribution in [0.15, 0.2) is 24.3 Å². The number of halogens is 3. The SMILES string of the molecule is CN1C[C@@H]2C[C@H](N(C)C(=O)c3ccc(OC(F)(F)F)cc3)C[C@@H]2CC1=O. The minimum absolute atomic E-state index is 0.0305. The van der Waals surface area contributed by atoms with Crippen LogP contribution in [-0.4, -0.2) is 54.7 Å². The van der Waals surface area contributed by atoms with Crippen LogP contribution in [0.4, 0.5) is 13.2 Å². The number of alkyl halides is 3. The van der Waals surface area contributed by atoms with Gasteiger partial charge in [0.2, 0.25) is 5.91 Å². The molecule has 1 aromatic carbocycles. The van der Waals surface area contributed by atoms with Gasteiger partial charge in [-0.15, -0.1) is 13.2 Å². The van der Waals surface area contributed by atoms with Gasteiger partial charge in [-0.3, -0.25) is 9.59 Å². The zero-order valence-corrected chi connectivity index (χ0v) is 14.6. The molecule has 1 aromatic rings. The zero-order chi connectivity index (χ0) is 19.1. The van der Waals surface area contributed by atoms with Crippen LogP contribution in [0.25, 0.3) is 0 Å². The van der Waals surface area contributed by atoms with Crippen molar-refractivity contribution in [3.05, 3.63) is 29.8 Å². The highest BCUT2D eigenvalue weighted by molar-refractivity contribution is 5.94.